The summed E-state index contributed by atoms with van der Waals surface area (Å²) in [4.78, 5) is 6.73. The molecule has 0 saturated carbocycles. The highest BCUT2D eigenvalue weighted by Gasteiger charge is 2.22. The highest BCUT2D eigenvalue weighted by molar-refractivity contribution is 5.66. The molecule has 0 amide bonds. The van der Waals surface area contributed by atoms with Crippen molar-refractivity contribution in [2.75, 3.05) is 26.3 Å². The molecule has 0 unspecified atom stereocenters. The smallest absolute Gasteiger partial charge is 0.132 e. The van der Waals surface area contributed by atoms with Crippen LogP contribution >= 0.6 is 0 Å². The summed E-state index contributed by atoms with van der Waals surface area (Å²) in [5.41, 5.74) is 3.90. The van der Waals surface area contributed by atoms with Crippen molar-refractivity contribution in [1.82, 2.24) is 24.9 Å². The average molecular weight is 433 g/mol. The fourth-order valence-corrected chi connectivity index (χ4v) is 3.80. The summed E-state index contributed by atoms with van der Waals surface area (Å²) in [6.07, 6.45) is 1.66. The van der Waals surface area contributed by atoms with Crippen molar-refractivity contribution < 1.29 is 13.5 Å². The van der Waals surface area contributed by atoms with Gasteiger partial charge in [-0.3, -0.25) is 9.88 Å². The Morgan fingerprint density at radius 3 is 2.41 bits per heavy atom. The molecule has 3 heterocycles. The molecule has 1 saturated heterocycles. The number of pyridine rings is 1. The van der Waals surface area contributed by atoms with Crippen LogP contribution in [0.3, 0.4) is 0 Å². The van der Waals surface area contributed by atoms with E-state index < -0.39 is 0 Å². The molecular weight excluding hydrogens is 412 g/mol. The van der Waals surface area contributed by atoms with E-state index in [1.54, 1.807) is 41.2 Å². The molecule has 162 valence electrons. The molecule has 1 aliphatic heterocycles. The van der Waals surface area contributed by atoms with Gasteiger partial charge in [-0.05, 0) is 48.5 Å². The summed E-state index contributed by atoms with van der Waals surface area (Å²) >= 11 is 0. The van der Waals surface area contributed by atoms with Gasteiger partial charge in [-0.15, -0.1) is 5.10 Å². The normalized spacial score (nSPS) is 14.6. The molecule has 4 aromatic rings. The van der Waals surface area contributed by atoms with Crippen molar-refractivity contribution in [2.45, 2.75) is 6.54 Å². The highest BCUT2D eigenvalue weighted by atomic mass is 19.1. The molecule has 1 fully saturated rings. The van der Waals surface area contributed by atoms with E-state index in [1.165, 1.54) is 18.2 Å². The van der Waals surface area contributed by atoms with Crippen LogP contribution in [-0.4, -0.2) is 51.2 Å². The fourth-order valence-electron chi connectivity index (χ4n) is 3.80. The Morgan fingerprint density at radius 2 is 1.69 bits per heavy atom. The highest BCUT2D eigenvalue weighted by Crippen LogP contribution is 2.29. The lowest BCUT2D eigenvalue weighted by Crippen LogP contribution is -2.35. The van der Waals surface area contributed by atoms with Gasteiger partial charge in [0.15, 0.2) is 0 Å². The maximum Gasteiger partial charge on any atom is 0.132 e. The molecule has 1 aliphatic rings. The van der Waals surface area contributed by atoms with Gasteiger partial charge in [-0.25, -0.2) is 13.5 Å². The van der Waals surface area contributed by atoms with E-state index in [4.69, 9.17) is 4.74 Å². The van der Waals surface area contributed by atoms with Crippen LogP contribution in [0.4, 0.5) is 8.78 Å². The summed E-state index contributed by atoms with van der Waals surface area (Å²) in [7, 11) is 0. The number of nitrogens with zero attached hydrogens (tertiary/aromatic N) is 5. The van der Waals surface area contributed by atoms with E-state index in [2.05, 4.69) is 20.2 Å². The number of halogens is 2. The standard InChI is InChI=1S/C24H21F2N5O/c25-18-7-5-17(6-8-18)22-10-9-19(15-27-22)31-24(20-3-1-2-4-21(20)26)23(28-29-31)16-30-11-13-32-14-12-30/h1-10,15H,11-14,16H2. The molecule has 0 radical (unpaired) electrons. The third-order valence-corrected chi connectivity index (χ3v) is 5.48. The first-order valence-corrected chi connectivity index (χ1v) is 10.4. The van der Waals surface area contributed by atoms with Crippen LogP contribution in [0.5, 0.6) is 0 Å². The Hall–Kier alpha value is -3.49. The van der Waals surface area contributed by atoms with Crippen LogP contribution in [-0.2, 0) is 11.3 Å². The van der Waals surface area contributed by atoms with Crippen LogP contribution in [0.1, 0.15) is 5.69 Å². The monoisotopic (exact) mass is 433 g/mol. The zero-order valence-electron chi connectivity index (χ0n) is 17.3. The molecule has 0 bridgehead atoms. The van der Waals surface area contributed by atoms with Crippen molar-refractivity contribution in [3.63, 3.8) is 0 Å². The summed E-state index contributed by atoms with van der Waals surface area (Å²) < 4.78 is 35.0. The Labute approximate surface area is 184 Å². The first-order valence-electron chi connectivity index (χ1n) is 10.4. The van der Waals surface area contributed by atoms with Crippen LogP contribution in [0.25, 0.3) is 28.2 Å². The number of hydrogen-bond donors (Lipinski definition) is 0. The van der Waals surface area contributed by atoms with Gasteiger partial charge in [0.25, 0.3) is 0 Å². The van der Waals surface area contributed by atoms with Gasteiger partial charge in [0.05, 0.1) is 30.8 Å². The summed E-state index contributed by atoms with van der Waals surface area (Å²) in [6, 6.07) is 16.5. The van der Waals surface area contributed by atoms with Gasteiger partial charge >= 0.3 is 0 Å². The van der Waals surface area contributed by atoms with Crippen molar-refractivity contribution in [3.05, 3.63) is 84.2 Å². The van der Waals surface area contributed by atoms with E-state index in [0.717, 1.165) is 18.7 Å². The van der Waals surface area contributed by atoms with Crippen molar-refractivity contribution in [1.29, 1.82) is 0 Å². The number of rotatable bonds is 5. The zero-order valence-corrected chi connectivity index (χ0v) is 17.3. The minimum absolute atomic E-state index is 0.296. The van der Waals surface area contributed by atoms with Gasteiger partial charge in [0, 0.05) is 30.8 Å². The second-order valence-corrected chi connectivity index (χ2v) is 7.57. The third-order valence-electron chi connectivity index (χ3n) is 5.48. The Balaban J connectivity index is 1.53. The zero-order chi connectivity index (χ0) is 21.9. The predicted molar refractivity (Wildman–Crippen MR) is 116 cm³/mol. The van der Waals surface area contributed by atoms with Gasteiger partial charge in [0.1, 0.15) is 23.0 Å². The third kappa shape index (κ3) is 4.15. The van der Waals surface area contributed by atoms with E-state index in [0.29, 0.717) is 48.1 Å². The molecule has 0 N–H and O–H groups in total. The number of benzene rings is 2. The van der Waals surface area contributed by atoms with Crippen molar-refractivity contribution >= 4 is 0 Å². The lowest BCUT2D eigenvalue weighted by Gasteiger charge is -2.26. The minimum atomic E-state index is -0.338. The van der Waals surface area contributed by atoms with Crippen LogP contribution in [0.15, 0.2) is 66.9 Å². The minimum Gasteiger partial charge on any atom is -0.379 e. The van der Waals surface area contributed by atoms with Crippen LogP contribution in [0, 0.1) is 11.6 Å². The second-order valence-electron chi connectivity index (χ2n) is 7.57. The van der Waals surface area contributed by atoms with Crippen molar-refractivity contribution in [2.24, 2.45) is 0 Å². The molecule has 0 aliphatic carbocycles. The molecule has 2 aromatic carbocycles. The largest absolute Gasteiger partial charge is 0.379 e. The van der Waals surface area contributed by atoms with E-state index in [1.807, 2.05) is 12.1 Å². The van der Waals surface area contributed by atoms with E-state index in [-0.39, 0.29) is 11.6 Å². The molecule has 2 aromatic heterocycles. The maximum absolute atomic E-state index is 14.8. The van der Waals surface area contributed by atoms with Crippen LogP contribution in [0.2, 0.25) is 0 Å². The van der Waals surface area contributed by atoms with E-state index in [9.17, 15) is 8.78 Å². The number of morpholine rings is 1. The molecule has 0 spiro atoms. The lowest BCUT2D eigenvalue weighted by atomic mass is 10.1. The SMILES string of the molecule is Fc1ccc(-c2ccc(-n3nnc(CN4CCOCC4)c3-c3ccccc3F)cn2)cc1. The molecule has 0 atom stereocenters. The van der Waals surface area contributed by atoms with Gasteiger partial charge in [-0.2, -0.15) is 0 Å². The average Bonchev–Trinajstić information content (AvgIpc) is 3.24. The van der Waals surface area contributed by atoms with Gasteiger partial charge < -0.3 is 4.74 Å². The number of aromatic nitrogens is 4. The second kappa shape index (κ2) is 8.94. The summed E-state index contributed by atoms with van der Waals surface area (Å²) in [5, 5.41) is 8.72. The predicted octanol–water partition coefficient (Wildman–Crippen LogP) is 4.11. The topological polar surface area (TPSA) is 56.1 Å². The van der Waals surface area contributed by atoms with Gasteiger partial charge in [-0.1, -0.05) is 17.3 Å². The van der Waals surface area contributed by atoms with Crippen molar-refractivity contribution in [3.8, 4) is 28.2 Å². The lowest BCUT2D eigenvalue weighted by molar-refractivity contribution is 0.0337. The Bertz CT molecular complexity index is 1200. The molecule has 5 rings (SSSR count). The molecule has 8 heteroatoms. The molecule has 6 nitrogen and oxygen atoms in total. The molecular formula is C24H21F2N5O. The van der Waals surface area contributed by atoms with Gasteiger partial charge in [0.2, 0.25) is 0 Å². The van der Waals surface area contributed by atoms with Crippen LogP contribution < -0.4 is 0 Å². The summed E-state index contributed by atoms with van der Waals surface area (Å²) in [5.74, 6) is -0.634. The first-order chi connectivity index (χ1) is 15.7. The summed E-state index contributed by atoms with van der Waals surface area (Å²) in [6.45, 7) is 3.46. The first kappa shape index (κ1) is 20.4. The quantitative estimate of drug-likeness (QED) is 0.474. The number of hydrogen-bond acceptors (Lipinski definition) is 5. The molecule has 32 heavy (non-hydrogen) atoms. The fraction of sp³-hybridized carbons (Fsp3) is 0.208. The van der Waals surface area contributed by atoms with E-state index >= 15 is 0 Å². The Morgan fingerprint density at radius 1 is 0.906 bits per heavy atom. The number of ether oxygens (including phenoxy) is 1. The Kier molecular flexibility index (Phi) is 5.70. The maximum atomic E-state index is 14.8.